The molecule has 0 radical (unpaired) electrons. The van der Waals surface area contributed by atoms with E-state index in [1.807, 2.05) is 6.07 Å². The van der Waals surface area contributed by atoms with E-state index in [4.69, 9.17) is 16.2 Å². The van der Waals surface area contributed by atoms with Gasteiger partial charge in [-0.1, -0.05) is 31.5 Å². The first kappa shape index (κ1) is 16.0. The van der Waals surface area contributed by atoms with Crippen molar-refractivity contribution in [3.05, 3.63) is 29.3 Å². The number of aryl methyl sites for hydroxylation is 1. The maximum atomic E-state index is 5.81. The average Bonchev–Trinajstić information content (AvgIpc) is 2.38. The summed E-state index contributed by atoms with van der Waals surface area (Å²) in [6, 6.07) is 6.28. The van der Waals surface area contributed by atoms with Crippen LogP contribution in [0.5, 0.6) is 5.75 Å². The van der Waals surface area contributed by atoms with Crippen LogP contribution >= 0.6 is 0 Å². The molecule has 1 atom stereocenters. The lowest BCUT2D eigenvalue weighted by Crippen LogP contribution is -2.43. The molecule has 0 spiro atoms. The minimum atomic E-state index is -0.0221. The summed E-state index contributed by atoms with van der Waals surface area (Å²) in [5, 5.41) is 3.39. The fraction of sp³-hybridized carbons (Fsp3) is 0.600. The van der Waals surface area contributed by atoms with Crippen LogP contribution in [-0.4, -0.2) is 32.8 Å². The molecule has 0 fully saturated rings. The zero-order valence-corrected chi connectivity index (χ0v) is 12.5. The summed E-state index contributed by atoms with van der Waals surface area (Å²) in [7, 11) is 1.71. The summed E-state index contributed by atoms with van der Waals surface area (Å²) < 4.78 is 5.46. The first-order valence-corrected chi connectivity index (χ1v) is 6.72. The highest BCUT2D eigenvalue weighted by molar-refractivity contribution is 5.41. The van der Waals surface area contributed by atoms with Crippen LogP contribution in [-0.2, 0) is 5.41 Å². The van der Waals surface area contributed by atoms with Crippen molar-refractivity contribution in [2.24, 2.45) is 11.5 Å². The molecule has 0 saturated carbocycles. The minimum Gasteiger partial charge on any atom is -0.496 e. The fourth-order valence-electron chi connectivity index (χ4n) is 2.10. The molecule has 108 valence electrons. The van der Waals surface area contributed by atoms with Gasteiger partial charge in [0.25, 0.3) is 0 Å². The Kier molecular flexibility index (Phi) is 5.79. The van der Waals surface area contributed by atoms with Crippen LogP contribution in [0.4, 0.5) is 0 Å². The molecular weight excluding hydrogens is 238 g/mol. The molecule has 19 heavy (non-hydrogen) atoms. The van der Waals surface area contributed by atoms with Gasteiger partial charge in [-0.2, -0.15) is 0 Å². The fourth-order valence-corrected chi connectivity index (χ4v) is 2.10. The van der Waals surface area contributed by atoms with E-state index in [2.05, 4.69) is 38.2 Å². The normalized spacial score (nSPS) is 13.4. The molecule has 4 nitrogen and oxygen atoms in total. The quantitative estimate of drug-likeness (QED) is 0.691. The van der Waals surface area contributed by atoms with Crippen LogP contribution < -0.4 is 21.5 Å². The molecule has 0 amide bonds. The molecule has 0 bridgehead atoms. The summed E-state index contributed by atoms with van der Waals surface area (Å²) in [6.07, 6.45) is 0. The van der Waals surface area contributed by atoms with E-state index in [0.717, 1.165) is 18.8 Å². The lowest BCUT2D eigenvalue weighted by Gasteiger charge is -2.28. The average molecular weight is 265 g/mol. The highest BCUT2D eigenvalue weighted by Gasteiger charge is 2.24. The predicted molar refractivity (Wildman–Crippen MR) is 80.7 cm³/mol. The molecule has 1 unspecified atom stereocenters. The maximum Gasteiger partial charge on any atom is 0.122 e. The van der Waals surface area contributed by atoms with Gasteiger partial charge in [0, 0.05) is 36.7 Å². The van der Waals surface area contributed by atoms with Crippen molar-refractivity contribution in [3.8, 4) is 5.75 Å². The van der Waals surface area contributed by atoms with Crippen molar-refractivity contribution in [1.29, 1.82) is 0 Å². The minimum absolute atomic E-state index is 0.00945. The van der Waals surface area contributed by atoms with E-state index < -0.39 is 0 Å². The highest BCUT2D eigenvalue weighted by atomic mass is 16.5. The molecule has 0 aliphatic heterocycles. The Morgan fingerprint density at radius 3 is 2.63 bits per heavy atom. The van der Waals surface area contributed by atoms with E-state index in [0.29, 0.717) is 6.54 Å². The largest absolute Gasteiger partial charge is 0.496 e. The van der Waals surface area contributed by atoms with Gasteiger partial charge in [-0.25, -0.2) is 0 Å². The summed E-state index contributed by atoms with van der Waals surface area (Å²) in [5.74, 6) is 0.931. The Labute approximate surface area is 116 Å². The Morgan fingerprint density at radius 2 is 2.05 bits per heavy atom. The predicted octanol–water partition coefficient (Wildman–Crippen LogP) is 1.16. The van der Waals surface area contributed by atoms with Crippen LogP contribution in [0.1, 0.15) is 25.0 Å². The van der Waals surface area contributed by atoms with Gasteiger partial charge in [-0.3, -0.25) is 0 Å². The Hall–Kier alpha value is -1.10. The summed E-state index contributed by atoms with van der Waals surface area (Å²) in [5.41, 5.74) is 13.8. The number of nitrogens with one attached hydrogen (secondary N) is 1. The first-order valence-electron chi connectivity index (χ1n) is 6.72. The van der Waals surface area contributed by atoms with Gasteiger partial charge in [0.1, 0.15) is 5.75 Å². The van der Waals surface area contributed by atoms with Crippen molar-refractivity contribution in [1.82, 2.24) is 5.32 Å². The molecule has 0 heterocycles. The molecule has 1 aromatic rings. The summed E-state index contributed by atoms with van der Waals surface area (Å²) in [4.78, 5) is 0. The number of benzene rings is 1. The maximum absolute atomic E-state index is 5.81. The smallest absolute Gasteiger partial charge is 0.122 e. The van der Waals surface area contributed by atoms with Crippen LogP contribution in [0, 0.1) is 6.92 Å². The highest BCUT2D eigenvalue weighted by Crippen LogP contribution is 2.31. The molecule has 0 aromatic heterocycles. The van der Waals surface area contributed by atoms with Gasteiger partial charge in [-0.15, -0.1) is 0 Å². The number of nitrogens with two attached hydrogens (primary N) is 2. The van der Waals surface area contributed by atoms with Gasteiger partial charge >= 0.3 is 0 Å². The zero-order chi connectivity index (χ0) is 14.5. The van der Waals surface area contributed by atoms with Crippen molar-refractivity contribution in [3.63, 3.8) is 0 Å². The molecule has 0 aliphatic carbocycles. The second-order valence-corrected chi connectivity index (χ2v) is 5.71. The number of ether oxygens (including phenoxy) is 1. The van der Waals surface area contributed by atoms with Crippen molar-refractivity contribution >= 4 is 0 Å². The van der Waals surface area contributed by atoms with Gasteiger partial charge in [0.2, 0.25) is 0 Å². The second kappa shape index (κ2) is 6.89. The standard InChI is InChI=1S/C15H27N3O/c1-11-5-6-14(19-4)13(7-11)15(2,3)10-18-9-12(17)8-16/h5-7,12,18H,8-10,16-17H2,1-4H3. The third kappa shape index (κ3) is 4.49. The van der Waals surface area contributed by atoms with E-state index in [-0.39, 0.29) is 11.5 Å². The molecule has 5 N–H and O–H groups in total. The molecular formula is C15H27N3O. The van der Waals surface area contributed by atoms with Crippen LogP contribution in [0.25, 0.3) is 0 Å². The van der Waals surface area contributed by atoms with Gasteiger partial charge < -0.3 is 21.5 Å². The number of methoxy groups -OCH3 is 1. The lowest BCUT2D eigenvalue weighted by atomic mass is 9.83. The van der Waals surface area contributed by atoms with E-state index in [1.165, 1.54) is 11.1 Å². The molecule has 0 aliphatic rings. The Balaban J connectivity index is 2.78. The third-order valence-corrected chi connectivity index (χ3v) is 3.36. The topological polar surface area (TPSA) is 73.3 Å². The van der Waals surface area contributed by atoms with Gasteiger partial charge in [-0.05, 0) is 13.0 Å². The Bertz CT molecular complexity index is 404. The molecule has 4 heteroatoms. The second-order valence-electron chi connectivity index (χ2n) is 5.71. The van der Waals surface area contributed by atoms with Crippen LogP contribution in [0.2, 0.25) is 0 Å². The summed E-state index contributed by atoms with van der Waals surface area (Å²) in [6.45, 7) is 8.56. The number of rotatable bonds is 7. The SMILES string of the molecule is COc1ccc(C)cc1C(C)(C)CNCC(N)CN. The monoisotopic (exact) mass is 265 g/mol. The van der Waals surface area contributed by atoms with E-state index in [9.17, 15) is 0 Å². The lowest BCUT2D eigenvalue weighted by molar-refractivity contribution is 0.383. The number of hydrogen-bond donors (Lipinski definition) is 3. The van der Waals surface area contributed by atoms with Crippen molar-refractivity contribution in [2.45, 2.75) is 32.2 Å². The van der Waals surface area contributed by atoms with Crippen molar-refractivity contribution < 1.29 is 4.74 Å². The molecule has 1 aromatic carbocycles. The van der Waals surface area contributed by atoms with Crippen molar-refractivity contribution in [2.75, 3.05) is 26.7 Å². The summed E-state index contributed by atoms with van der Waals surface area (Å²) >= 11 is 0. The van der Waals surface area contributed by atoms with Crippen LogP contribution in [0.3, 0.4) is 0 Å². The molecule has 0 saturated heterocycles. The van der Waals surface area contributed by atoms with E-state index >= 15 is 0 Å². The zero-order valence-electron chi connectivity index (χ0n) is 12.5. The van der Waals surface area contributed by atoms with Gasteiger partial charge in [0.05, 0.1) is 7.11 Å². The Morgan fingerprint density at radius 1 is 1.37 bits per heavy atom. The third-order valence-electron chi connectivity index (χ3n) is 3.36. The van der Waals surface area contributed by atoms with Crippen LogP contribution in [0.15, 0.2) is 18.2 Å². The molecule has 1 rings (SSSR count). The number of hydrogen-bond acceptors (Lipinski definition) is 4. The first-order chi connectivity index (χ1) is 8.90. The van der Waals surface area contributed by atoms with E-state index in [1.54, 1.807) is 7.11 Å². The van der Waals surface area contributed by atoms with Gasteiger partial charge in [0.15, 0.2) is 0 Å².